The first-order valence-electron chi connectivity index (χ1n) is 5.73. The molecular weight excluding hydrogens is 200 g/mol. The SMILES string of the molecule is CC1=C[C@@H](C)[C@@H](/C=N\n2cnnc2)[C@H](C)C1. The normalized spacial score (nSPS) is 30.7. The fourth-order valence-corrected chi connectivity index (χ4v) is 2.48. The molecule has 0 aromatic carbocycles. The Kier molecular flexibility index (Phi) is 3.17. The molecule has 0 fully saturated rings. The maximum Gasteiger partial charge on any atom is 0.141 e. The molecular formula is C12H18N4. The van der Waals surface area contributed by atoms with Crippen molar-refractivity contribution in [2.24, 2.45) is 22.9 Å². The standard InChI is InChI=1S/C12H18N4/c1-9-4-10(2)12(11(3)5-9)6-15-16-7-13-14-8-16/h4,6-8,10-12H,5H2,1-3H3/b15-6-/t10-,11-,12-/m1/s1. The fourth-order valence-electron chi connectivity index (χ4n) is 2.48. The minimum absolute atomic E-state index is 0.506. The molecule has 4 nitrogen and oxygen atoms in total. The summed E-state index contributed by atoms with van der Waals surface area (Å²) in [6.45, 7) is 6.75. The molecule has 0 spiro atoms. The molecule has 0 N–H and O–H groups in total. The average molecular weight is 218 g/mol. The van der Waals surface area contributed by atoms with E-state index < -0.39 is 0 Å². The van der Waals surface area contributed by atoms with E-state index in [1.54, 1.807) is 17.3 Å². The third-order valence-electron chi connectivity index (χ3n) is 3.23. The highest BCUT2D eigenvalue weighted by Crippen LogP contribution is 2.32. The van der Waals surface area contributed by atoms with Crippen molar-refractivity contribution in [3.63, 3.8) is 0 Å². The predicted octanol–water partition coefficient (Wildman–Crippen LogP) is 2.35. The van der Waals surface area contributed by atoms with E-state index in [1.165, 1.54) is 12.0 Å². The number of aromatic nitrogens is 3. The fraction of sp³-hybridized carbons (Fsp3) is 0.583. The lowest BCUT2D eigenvalue weighted by Crippen LogP contribution is -2.24. The molecule has 16 heavy (non-hydrogen) atoms. The summed E-state index contributed by atoms with van der Waals surface area (Å²) in [5.41, 5.74) is 1.49. The van der Waals surface area contributed by atoms with Crippen molar-refractivity contribution in [3.8, 4) is 0 Å². The molecule has 0 bridgehead atoms. The lowest BCUT2D eigenvalue weighted by Gasteiger charge is -2.29. The highest BCUT2D eigenvalue weighted by molar-refractivity contribution is 5.62. The third kappa shape index (κ3) is 2.38. The van der Waals surface area contributed by atoms with Crippen LogP contribution in [0.2, 0.25) is 0 Å². The zero-order chi connectivity index (χ0) is 11.5. The first kappa shape index (κ1) is 11.0. The van der Waals surface area contributed by atoms with Gasteiger partial charge in [-0.05, 0) is 25.2 Å². The van der Waals surface area contributed by atoms with E-state index in [1.807, 2.05) is 6.21 Å². The minimum Gasteiger partial charge on any atom is -0.208 e. The van der Waals surface area contributed by atoms with Crippen molar-refractivity contribution in [2.75, 3.05) is 0 Å². The number of hydrogen-bond acceptors (Lipinski definition) is 3. The van der Waals surface area contributed by atoms with Crippen LogP contribution in [0.15, 0.2) is 29.4 Å². The Morgan fingerprint density at radius 1 is 1.38 bits per heavy atom. The van der Waals surface area contributed by atoms with E-state index in [-0.39, 0.29) is 0 Å². The summed E-state index contributed by atoms with van der Waals surface area (Å²) in [5.74, 6) is 1.72. The molecule has 1 aromatic rings. The Hall–Kier alpha value is -1.45. The van der Waals surface area contributed by atoms with Crippen molar-refractivity contribution >= 4 is 6.21 Å². The predicted molar refractivity (Wildman–Crippen MR) is 64.1 cm³/mol. The van der Waals surface area contributed by atoms with Gasteiger partial charge in [-0.3, -0.25) is 0 Å². The summed E-state index contributed by atoms with van der Waals surface area (Å²) in [6, 6.07) is 0. The van der Waals surface area contributed by atoms with E-state index in [4.69, 9.17) is 0 Å². The monoisotopic (exact) mass is 218 g/mol. The van der Waals surface area contributed by atoms with E-state index >= 15 is 0 Å². The molecule has 2 rings (SSSR count). The van der Waals surface area contributed by atoms with Gasteiger partial charge < -0.3 is 0 Å². The van der Waals surface area contributed by atoms with Gasteiger partial charge in [0.1, 0.15) is 12.7 Å². The summed E-state index contributed by atoms with van der Waals surface area (Å²) in [6.07, 6.45) is 8.76. The van der Waals surface area contributed by atoms with Crippen LogP contribution >= 0.6 is 0 Å². The van der Waals surface area contributed by atoms with Crippen LogP contribution < -0.4 is 0 Å². The summed E-state index contributed by atoms with van der Waals surface area (Å²) < 4.78 is 1.64. The maximum atomic E-state index is 4.35. The van der Waals surface area contributed by atoms with Crippen LogP contribution in [-0.4, -0.2) is 21.1 Å². The Morgan fingerprint density at radius 3 is 2.69 bits per heavy atom. The van der Waals surface area contributed by atoms with Crippen LogP contribution in [0.3, 0.4) is 0 Å². The van der Waals surface area contributed by atoms with Gasteiger partial charge in [0.15, 0.2) is 0 Å². The molecule has 0 radical (unpaired) electrons. The molecule has 1 aliphatic rings. The highest BCUT2D eigenvalue weighted by Gasteiger charge is 2.25. The molecule has 0 saturated carbocycles. The minimum atomic E-state index is 0.506. The smallest absolute Gasteiger partial charge is 0.141 e. The summed E-state index contributed by atoms with van der Waals surface area (Å²) in [7, 11) is 0. The van der Waals surface area contributed by atoms with E-state index in [9.17, 15) is 0 Å². The molecule has 1 aliphatic carbocycles. The molecule has 4 heteroatoms. The molecule has 0 aliphatic heterocycles. The van der Waals surface area contributed by atoms with Crippen LogP contribution in [0.25, 0.3) is 0 Å². The average Bonchev–Trinajstić information content (AvgIpc) is 2.68. The number of rotatable bonds is 2. The Bertz CT molecular complexity index is 391. The molecule has 0 saturated heterocycles. The summed E-state index contributed by atoms with van der Waals surface area (Å²) in [5, 5.41) is 11.8. The van der Waals surface area contributed by atoms with Gasteiger partial charge in [-0.25, -0.2) is 4.68 Å². The van der Waals surface area contributed by atoms with Crippen molar-refractivity contribution < 1.29 is 0 Å². The van der Waals surface area contributed by atoms with Crippen LogP contribution in [0.5, 0.6) is 0 Å². The highest BCUT2D eigenvalue weighted by atomic mass is 15.4. The summed E-state index contributed by atoms with van der Waals surface area (Å²) >= 11 is 0. The number of allylic oxidation sites excluding steroid dienone is 2. The van der Waals surface area contributed by atoms with Gasteiger partial charge in [0, 0.05) is 12.1 Å². The second kappa shape index (κ2) is 4.60. The quantitative estimate of drug-likeness (QED) is 0.565. The Morgan fingerprint density at radius 2 is 2.06 bits per heavy atom. The maximum absolute atomic E-state index is 4.35. The molecule has 86 valence electrons. The third-order valence-corrected chi connectivity index (χ3v) is 3.23. The Labute approximate surface area is 96.1 Å². The van der Waals surface area contributed by atoms with Gasteiger partial charge in [-0.15, -0.1) is 10.2 Å². The molecule has 0 unspecified atom stereocenters. The zero-order valence-electron chi connectivity index (χ0n) is 10.0. The first-order chi connectivity index (χ1) is 7.66. The lowest BCUT2D eigenvalue weighted by molar-refractivity contribution is 0.361. The van der Waals surface area contributed by atoms with Crippen molar-refractivity contribution in [2.45, 2.75) is 27.2 Å². The molecule has 0 amide bonds. The molecule has 3 atom stereocenters. The van der Waals surface area contributed by atoms with Crippen LogP contribution in [0.4, 0.5) is 0 Å². The van der Waals surface area contributed by atoms with Crippen LogP contribution in [0.1, 0.15) is 27.2 Å². The topological polar surface area (TPSA) is 43.1 Å². The van der Waals surface area contributed by atoms with Crippen LogP contribution in [-0.2, 0) is 0 Å². The van der Waals surface area contributed by atoms with Crippen molar-refractivity contribution in [1.29, 1.82) is 0 Å². The molecule has 1 aromatic heterocycles. The Balaban J connectivity index is 2.10. The van der Waals surface area contributed by atoms with E-state index in [0.717, 1.165) is 0 Å². The van der Waals surface area contributed by atoms with Gasteiger partial charge in [-0.1, -0.05) is 25.5 Å². The van der Waals surface area contributed by atoms with Gasteiger partial charge in [0.05, 0.1) is 0 Å². The second-order valence-electron chi connectivity index (χ2n) is 4.74. The molecule has 1 heterocycles. The lowest BCUT2D eigenvalue weighted by atomic mass is 9.76. The number of hydrogen-bond donors (Lipinski definition) is 0. The van der Waals surface area contributed by atoms with E-state index in [2.05, 4.69) is 42.1 Å². The first-order valence-corrected chi connectivity index (χ1v) is 5.73. The van der Waals surface area contributed by atoms with Gasteiger partial charge in [-0.2, -0.15) is 5.10 Å². The van der Waals surface area contributed by atoms with Gasteiger partial charge in [0.2, 0.25) is 0 Å². The van der Waals surface area contributed by atoms with Crippen LogP contribution in [0, 0.1) is 17.8 Å². The number of nitrogens with zero attached hydrogens (tertiary/aromatic N) is 4. The summed E-state index contributed by atoms with van der Waals surface area (Å²) in [4.78, 5) is 0. The van der Waals surface area contributed by atoms with Crippen molar-refractivity contribution in [1.82, 2.24) is 14.9 Å². The van der Waals surface area contributed by atoms with Gasteiger partial charge >= 0.3 is 0 Å². The van der Waals surface area contributed by atoms with E-state index in [0.29, 0.717) is 17.8 Å². The largest absolute Gasteiger partial charge is 0.208 e. The second-order valence-corrected chi connectivity index (χ2v) is 4.74. The zero-order valence-corrected chi connectivity index (χ0v) is 10.0. The van der Waals surface area contributed by atoms with Crippen molar-refractivity contribution in [3.05, 3.63) is 24.3 Å². The van der Waals surface area contributed by atoms with Gasteiger partial charge in [0.25, 0.3) is 0 Å².